The topological polar surface area (TPSA) is 20.2 Å². The number of benzene rings is 1. The Bertz CT molecular complexity index is 329. The zero-order valence-corrected chi connectivity index (χ0v) is 10.2. The van der Waals surface area contributed by atoms with Crippen molar-refractivity contribution in [1.29, 1.82) is 0 Å². The quantitative estimate of drug-likeness (QED) is 0.738. The Morgan fingerprint density at radius 3 is 2.14 bits per heavy atom. The maximum Gasteiger partial charge on any atom is 0.216 e. The fourth-order valence-electron chi connectivity index (χ4n) is 1.21. The first-order valence-electron chi connectivity index (χ1n) is 4.22. The molecule has 0 amide bonds. The van der Waals surface area contributed by atoms with Gasteiger partial charge in [0.15, 0.2) is 0 Å². The van der Waals surface area contributed by atoms with Crippen molar-refractivity contribution in [3.05, 3.63) is 29.3 Å². The van der Waals surface area contributed by atoms with Gasteiger partial charge >= 0.3 is 0 Å². The second-order valence-corrected chi connectivity index (χ2v) is 5.71. The maximum absolute atomic E-state index is 9.65. The summed E-state index contributed by atoms with van der Waals surface area (Å²) in [4.78, 5) is 0. The summed E-state index contributed by atoms with van der Waals surface area (Å²) >= 11 is 17.0. The van der Waals surface area contributed by atoms with E-state index < -0.39 is 3.79 Å². The predicted octanol–water partition coefficient (Wildman–Crippen LogP) is 4.34. The highest BCUT2D eigenvalue weighted by Crippen LogP contribution is 2.40. The molecule has 0 atom stereocenters. The van der Waals surface area contributed by atoms with Gasteiger partial charge in [-0.15, -0.1) is 0 Å². The van der Waals surface area contributed by atoms with Gasteiger partial charge < -0.3 is 5.11 Å². The maximum atomic E-state index is 9.65. The van der Waals surface area contributed by atoms with E-state index in [9.17, 15) is 5.11 Å². The van der Waals surface area contributed by atoms with E-state index in [2.05, 4.69) is 0 Å². The summed E-state index contributed by atoms with van der Waals surface area (Å²) in [5, 5.41) is 9.65. The molecule has 0 aromatic heterocycles. The van der Waals surface area contributed by atoms with Crippen molar-refractivity contribution >= 4 is 34.8 Å². The molecule has 0 radical (unpaired) electrons. The van der Waals surface area contributed by atoms with Crippen molar-refractivity contribution in [3.63, 3.8) is 0 Å². The first kappa shape index (κ1) is 12.0. The second kappa shape index (κ2) is 4.18. The Labute approximate surface area is 98.6 Å². The lowest BCUT2D eigenvalue weighted by atomic mass is 10.0. The van der Waals surface area contributed by atoms with Crippen LogP contribution in [0.3, 0.4) is 0 Å². The zero-order valence-electron chi connectivity index (χ0n) is 7.89. The Hall–Kier alpha value is -0.110. The summed E-state index contributed by atoms with van der Waals surface area (Å²) in [5.74, 6) is 0.420. The van der Waals surface area contributed by atoms with Gasteiger partial charge in [-0.2, -0.15) is 0 Å². The molecule has 0 heterocycles. The fourth-order valence-corrected chi connectivity index (χ4v) is 1.56. The van der Waals surface area contributed by atoms with E-state index in [1.807, 2.05) is 13.8 Å². The van der Waals surface area contributed by atoms with Crippen molar-refractivity contribution < 1.29 is 5.11 Å². The van der Waals surface area contributed by atoms with Crippen molar-refractivity contribution in [2.75, 3.05) is 0 Å². The van der Waals surface area contributed by atoms with Crippen molar-refractivity contribution in [2.45, 2.75) is 23.6 Å². The van der Waals surface area contributed by atoms with Gasteiger partial charge in [0.05, 0.1) is 0 Å². The van der Waals surface area contributed by atoms with Crippen LogP contribution in [-0.2, 0) is 3.79 Å². The smallest absolute Gasteiger partial charge is 0.216 e. The third-order valence-electron chi connectivity index (χ3n) is 1.98. The minimum atomic E-state index is -1.48. The van der Waals surface area contributed by atoms with E-state index in [0.717, 1.165) is 5.56 Å². The van der Waals surface area contributed by atoms with Crippen LogP contribution >= 0.6 is 34.8 Å². The first-order valence-corrected chi connectivity index (χ1v) is 5.36. The number of hydrogen-bond donors (Lipinski definition) is 1. The summed E-state index contributed by atoms with van der Waals surface area (Å²) in [6.45, 7) is 3.98. The van der Waals surface area contributed by atoms with Crippen molar-refractivity contribution in [1.82, 2.24) is 0 Å². The summed E-state index contributed by atoms with van der Waals surface area (Å²) in [7, 11) is 0. The van der Waals surface area contributed by atoms with Gasteiger partial charge in [0.1, 0.15) is 5.75 Å². The Kier molecular flexibility index (Phi) is 3.57. The minimum absolute atomic E-state index is 0.170. The molecule has 0 aliphatic heterocycles. The molecule has 0 bridgehead atoms. The van der Waals surface area contributed by atoms with Crippen LogP contribution in [0.1, 0.15) is 30.9 Å². The lowest BCUT2D eigenvalue weighted by Crippen LogP contribution is -2.00. The SMILES string of the molecule is CC(C)c1ccc(C(Cl)(Cl)Cl)cc1O. The molecule has 14 heavy (non-hydrogen) atoms. The molecule has 0 aliphatic carbocycles. The molecule has 0 saturated carbocycles. The molecule has 4 heteroatoms. The number of phenolic OH excluding ortho intramolecular Hbond substituents is 1. The molecule has 1 aromatic carbocycles. The number of aromatic hydroxyl groups is 1. The molecule has 0 unspecified atom stereocenters. The van der Waals surface area contributed by atoms with Gasteiger partial charge in [-0.3, -0.25) is 0 Å². The summed E-state index contributed by atoms with van der Waals surface area (Å²) in [6, 6.07) is 4.97. The van der Waals surface area contributed by atoms with E-state index in [1.165, 1.54) is 6.07 Å². The van der Waals surface area contributed by atoms with Gasteiger partial charge in [0.2, 0.25) is 3.79 Å². The molecular formula is C10H11Cl3O. The molecule has 1 nitrogen and oxygen atoms in total. The molecule has 0 fully saturated rings. The lowest BCUT2D eigenvalue weighted by molar-refractivity contribution is 0.464. The monoisotopic (exact) mass is 252 g/mol. The minimum Gasteiger partial charge on any atom is -0.508 e. The van der Waals surface area contributed by atoms with E-state index in [1.54, 1.807) is 12.1 Å². The number of halogens is 3. The van der Waals surface area contributed by atoms with Crippen LogP contribution < -0.4 is 0 Å². The van der Waals surface area contributed by atoms with Crippen molar-refractivity contribution in [2.24, 2.45) is 0 Å². The molecule has 1 aromatic rings. The molecular weight excluding hydrogens is 242 g/mol. The highest BCUT2D eigenvalue weighted by atomic mass is 35.6. The van der Waals surface area contributed by atoms with E-state index >= 15 is 0 Å². The highest BCUT2D eigenvalue weighted by molar-refractivity contribution is 6.66. The molecule has 78 valence electrons. The second-order valence-electron chi connectivity index (χ2n) is 3.43. The van der Waals surface area contributed by atoms with Crippen LogP contribution in [0.2, 0.25) is 0 Å². The Balaban J connectivity index is 3.13. The van der Waals surface area contributed by atoms with E-state index in [0.29, 0.717) is 5.56 Å². The van der Waals surface area contributed by atoms with E-state index in [-0.39, 0.29) is 11.7 Å². The predicted molar refractivity (Wildman–Crippen MR) is 61.4 cm³/mol. The van der Waals surface area contributed by atoms with Gasteiger partial charge in [0.25, 0.3) is 0 Å². The molecule has 0 spiro atoms. The van der Waals surface area contributed by atoms with Gasteiger partial charge in [-0.1, -0.05) is 60.8 Å². The summed E-state index contributed by atoms with van der Waals surface area (Å²) in [5.41, 5.74) is 1.33. The number of rotatable bonds is 1. The average Bonchev–Trinajstić information content (AvgIpc) is 2.01. The van der Waals surface area contributed by atoms with Crippen LogP contribution in [0.25, 0.3) is 0 Å². The Morgan fingerprint density at radius 1 is 1.21 bits per heavy atom. The lowest BCUT2D eigenvalue weighted by Gasteiger charge is -2.14. The largest absolute Gasteiger partial charge is 0.508 e. The number of alkyl halides is 3. The zero-order chi connectivity index (χ0) is 10.9. The van der Waals surface area contributed by atoms with Crippen LogP contribution in [0.5, 0.6) is 5.75 Å². The van der Waals surface area contributed by atoms with Crippen LogP contribution in [0.4, 0.5) is 0 Å². The third-order valence-corrected chi connectivity index (χ3v) is 2.63. The van der Waals surface area contributed by atoms with E-state index in [4.69, 9.17) is 34.8 Å². The van der Waals surface area contributed by atoms with Gasteiger partial charge in [0, 0.05) is 5.56 Å². The molecule has 0 aliphatic rings. The summed E-state index contributed by atoms with van der Waals surface area (Å²) in [6.07, 6.45) is 0. The number of phenols is 1. The average molecular weight is 254 g/mol. The van der Waals surface area contributed by atoms with Gasteiger partial charge in [-0.05, 0) is 17.5 Å². The standard InChI is InChI=1S/C10H11Cl3O/c1-6(2)8-4-3-7(5-9(8)14)10(11,12)13/h3-6,14H,1-2H3. The summed E-state index contributed by atoms with van der Waals surface area (Å²) < 4.78 is -1.48. The number of hydrogen-bond acceptors (Lipinski definition) is 1. The van der Waals surface area contributed by atoms with Gasteiger partial charge in [-0.25, -0.2) is 0 Å². The normalized spacial score (nSPS) is 12.1. The fraction of sp³-hybridized carbons (Fsp3) is 0.400. The first-order chi connectivity index (χ1) is 6.32. The highest BCUT2D eigenvalue weighted by Gasteiger charge is 2.23. The van der Waals surface area contributed by atoms with Crippen LogP contribution in [0.15, 0.2) is 18.2 Å². The third kappa shape index (κ3) is 2.69. The Morgan fingerprint density at radius 2 is 1.79 bits per heavy atom. The van der Waals surface area contributed by atoms with Crippen LogP contribution in [-0.4, -0.2) is 5.11 Å². The molecule has 1 N–H and O–H groups in total. The molecule has 1 rings (SSSR count). The van der Waals surface area contributed by atoms with Crippen molar-refractivity contribution in [3.8, 4) is 5.75 Å². The molecule has 0 saturated heterocycles. The van der Waals surface area contributed by atoms with Crippen LogP contribution in [0, 0.1) is 0 Å².